The monoisotopic (exact) mass is 285 g/mol. The SMILES string of the molecule is CC(C)CC(OC(=O)Nc1ccccc1Cl)C(=O)O. The number of carboxylic acid groups (broad SMARTS) is 1. The van der Waals surface area contributed by atoms with E-state index < -0.39 is 18.2 Å². The molecule has 0 heterocycles. The summed E-state index contributed by atoms with van der Waals surface area (Å²) in [6, 6.07) is 6.63. The molecule has 0 aliphatic rings. The van der Waals surface area contributed by atoms with Crippen molar-refractivity contribution in [2.45, 2.75) is 26.4 Å². The highest BCUT2D eigenvalue weighted by Crippen LogP contribution is 2.21. The Morgan fingerprint density at radius 1 is 1.37 bits per heavy atom. The van der Waals surface area contributed by atoms with Gasteiger partial charge in [-0.2, -0.15) is 0 Å². The quantitative estimate of drug-likeness (QED) is 0.869. The molecular weight excluding hydrogens is 270 g/mol. The van der Waals surface area contributed by atoms with Crippen LogP contribution in [0.3, 0.4) is 0 Å². The van der Waals surface area contributed by atoms with E-state index >= 15 is 0 Å². The molecule has 19 heavy (non-hydrogen) atoms. The molecule has 0 saturated heterocycles. The topological polar surface area (TPSA) is 75.6 Å². The third kappa shape index (κ3) is 5.18. The molecule has 6 heteroatoms. The van der Waals surface area contributed by atoms with Gasteiger partial charge in [-0.05, 0) is 24.5 Å². The standard InChI is InChI=1S/C13H16ClNO4/c1-8(2)7-11(12(16)17)19-13(18)15-10-6-4-3-5-9(10)14/h3-6,8,11H,7H2,1-2H3,(H,15,18)(H,16,17). The summed E-state index contributed by atoms with van der Waals surface area (Å²) in [6.45, 7) is 3.70. The minimum atomic E-state index is -1.16. The van der Waals surface area contributed by atoms with Crippen molar-refractivity contribution in [2.75, 3.05) is 5.32 Å². The molecule has 0 aliphatic heterocycles. The number of halogens is 1. The Balaban J connectivity index is 2.63. The predicted octanol–water partition coefficient (Wildman–Crippen LogP) is 3.39. The average molecular weight is 286 g/mol. The first-order valence-corrected chi connectivity index (χ1v) is 6.23. The van der Waals surface area contributed by atoms with Crippen LogP contribution in [-0.4, -0.2) is 23.3 Å². The zero-order valence-electron chi connectivity index (χ0n) is 10.7. The molecule has 2 N–H and O–H groups in total. The molecule has 0 aliphatic carbocycles. The van der Waals surface area contributed by atoms with Crippen LogP contribution < -0.4 is 5.32 Å². The molecular formula is C13H16ClNO4. The van der Waals surface area contributed by atoms with E-state index in [0.29, 0.717) is 10.7 Å². The number of carboxylic acids is 1. The Labute approximate surface area is 116 Å². The molecule has 104 valence electrons. The molecule has 0 aromatic heterocycles. The summed E-state index contributed by atoms with van der Waals surface area (Å²) < 4.78 is 4.87. The van der Waals surface area contributed by atoms with Crippen LogP contribution in [0.5, 0.6) is 0 Å². The van der Waals surface area contributed by atoms with Crippen LogP contribution in [0.4, 0.5) is 10.5 Å². The maximum atomic E-state index is 11.6. The lowest BCUT2D eigenvalue weighted by atomic mass is 10.1. The van der Waals surface area contributed by atoms with E-state index in [1.54, 1.807) is 24.3 Å². The van der Waals surface area contributed by atoms with E-state index in [1.165, 1.54) is 0 Å². The maximum absolute atomic E-state index is 11.6. The number of anilines is 1. The Morgan fingerprint density at radius 3 is 2.53 bits per heavy atom. The third-order valence-electron chi connectivity index (χ3n) is 2.32. The summed E-state index contributed by atoms with van der Waals surface area (Å²) in [5.41, 5.74) is 0.378. The fourth-order valence-electron chi connectivity index (χ4n) is 1.46. The van der Waals surface area contributed by atoms with Gasteiger partial charge in [0.2, 0.25) is 6.10 Å². The second-order valence-electron chi connectivity index (χ2n) is 4.47. The molecule has 1 aromatic rings. The number of para-hydroxylation sites is 1. The van der Waals surface area contributed by atoms with Gasteiger partial charge >= 0.3 is 12.1 Å². The Hall–Kier alpha value is -1.75. The second kappa shape index (κ2) is 6.99. The highest BCUT2D eigenvalue weighted by molar-refractivity contribution is 6.33. The third-order valence-corrected chi connectivity index (χ3v) is 2.65. The number of aliphatic carboxylic acids is 1. The van der Waals surface area contributed by atoms with Crippen LogP contribution in [0.15, 0.2) is 24.3 Å². The van der Waals surface area contributed by atoms with Gasteiger partial charge in [0, 0.05) is 0 Å². The van der Waals surface area contributed by atoms with Gasteiger partial charge in [0.1, 0.15) is 0 Å². The number of ether oxygens (including phenoxy) is 1. The van der Waals surface area contributed by atoms with E-state index in [0.717, 1.165) is 0 Å². The molecule has 0 fully saturated rings. The first-order valence-electron chi connectivity index (χ1n) is 5.85. The molecule has 5 nitrogen and oxygen atoms in total. The molecule has 1 amide bonds. The summed E-state index contributed by atoms with van der Waals surface area (Å²) in [5.74, 6) is -1.06. The highest BCUT2D eigenvalue weighted by Gasteiger charge is 2.23. The molecule has 0 radical (unpaired) electrons. The van der Waals surface area contributed by atoms with Crippen LogP contribution >= 0.6 is 11.6 Å². The van der Waals surface area contributed by atoms with Crippen LogP contribution in [-0.2, 0) is 9.53 Å². The van der Waals surface area contributed by atoms with Gasteiger partial charge in [0.05, 0.1) is 10.7 Å². The number of hydrogen-bond donors (Lipinski definition) is 2. The fraction of sp³-hybridized carbons (Fsp3) is 0.385. The lowest BCUT2D eigenvalue weighted by Gasteiger charge is -2.16. The normalized spacial score (nSPS) is 12.0. The van der Waals surface area contributed by atoms with Crippen molar-refractivity contribution in [2.24, 2.45) is 5.92 Å². The summed E-state index contributed by atoms with van der Waals surface area (Å²) in [7, 11) is 0. The molecule has 1 aromatic carbocycles. The number of amides is 1. The predicted molar refractivity (Wildman–Crippen MR) is 72.4 cm³/mol. The van der Waals surface area contributed by atoms with Crippen molar-refractivity contribution in [3.8, 4) is 0 Å². The van der Waals surface area contributed by atoms with Gasteiger partial charge in [-0.15, -0.1) is 0 Å². The zero-order valence-corrected chi connectivity index (χ0v) is 11.5. The molecule has 0 saturated carbocycles. The lowest BCUT2D eigenvalue weighted by molar-refractivity contribution is -0.147. The van der Waals surface area contributed by atoms with Gasteiger partial charge in [-0.25, -0.2) is 9.59 Å². The van der Waals surface area contributed by atoms with Crippen molar-refractivity contribution in [1.29, 1.82) is 0 Å². The number of benzene rings is 1. The number of rotatable bonds is 5. The Kier molecular flexibility index (Phi) is 5.63. The van der Waals surface area contributed by atoms with Crippen molar-refractivity contribution in [3.63, 3.8) is 0 Å². The van der Waals surface area contributed by atoms with Crippen LogP contribution in [0, 0.1) is 5.92 Å². The van der Waals surface area contributed by atoms with Crippen molar-refractivity contribution < 1.29 is 19.4 Å². The minimum absolute atomic E-state index is 0.106. The maximum Gasteiger partial charge on any atom is 0.412 e. The second-order valence-corrected chi connectivity index (χ2v) is 4.87. The number of nitrogens with one attached hydrogen (secondary N) is 1. The van der Waals surface area contributed by atoms with Crippen LogP contribution in [0.25, 0.3) is 0 Å². The lowest BCUT2D eigenvalue weighted by Crippen LogP contribution is -2.30. The van der Waals surface area contributed by atoms with Gasteiger partial charge in [-0.3, -0.25) is 5.32 Å². The fourth-order valence-corrected chi connectivity index (χ4v) is 1.64. The van der Waals surface area contributed by atoms with Crippen LogP contribution in [0.2, 0.25) is 5.02 Å². The van der Waals surface area contributed by atoms with Crippen molar-refractivity contribution >= 4 is 29.4 Å². The minimum Gasteiger partial charge on any atom is -0.479 e. The molecule has 1 unspecified atom stereocenters. The summed E-state index contributed by atoms with van der Waals surface area (Å²) in [6.07, 6.45) is -1.74. The summed E-state index contributed by atoms with van der Waals surface area (Å²) in [4.78, 5) is 22.6. The highest BCUT2D eigenvalue weighted by atomic mass is 35.5. The van der Waals surface area contributed by atoms with Crippen LogP contribution in [0.1, 0.15) is 20.3 Å². The summed E-state index contributed by atoms with van der Waals surface area (Å²) in [5, 5.41) is 11.7. The van der Waals surface area contributed by atoms with E-state index in [4.69, 9.17) is 21.4 Å². The van der Waals surface area contributed by atoms with Gasteiger partial charge in [0.15, 0.2) is 0 Å². The van der Waals surface area contributed by atoms with Gasteiger partial charge < -0.3 is 9.84 Å². The molecule has 1 atom stereocenters. The van der Waals surface area contributed by atoms with Gasteiger partial charge in [0.25, 0.3) is 0 Å². The van der Waals surface area contributed by atoms with E-state index in [1.807, 2.05) is 13.8 Å². The van der Waals surface area contributed by atoms with E-state index in [-0.39, 0.29) is 12.3 Å². The molecule has 0 bridgehead atoms. The van der Waals surface area contributed by atoms with Crippen molar-refractivity contribution in [1.82, 2.24) is 0 Å². The zero-order chi connectivity index (χ0) is 14.4. The number of carbonyl (C=O) groups is 2. The van der Waals surface area contributed by atoms with Gasteiger partial charge in [-0.1, -0.05) is 37.6 Å². The molecule has 0 spiro atoms. The molecule has 1 rings (SSSR count). The van der Waals surface area contributed by atoms with E-state index in [9.17, 15) is 9.59 Å². The Morgan fingerprint density at radius 2 is 2.00 bits per heavy atom. The summed E-state index contributed by atoms with van der Waals surface area (Å²) >= 11 is 5.87. The number of hydrogen-bond acceptors (Lipinski definition) is 3. The number of carbonyl (C=O) groups excluding carboxylic acids is 1. The first-order chi connectivity index (χ1) is 8.90. The Bertz CT molecular complexity index is 462. The van der Waals surface area contributed by atoms with Crippen molar-refractivity contribution in [3.05, 3.63) is 29.3 Å². The van der Waals surface area contributed by atoms with E-state index in [2.05, 4.69) is 5.32 Å². The first kappa shape index (κ1) is 15.3. The smallest absolute Gasteiger partial charge is 0.412 e. The largest absolute Gasteiger partial charge is 0.479 e. The average Bonchev–Trinajstić information content (AvgIpc) is 2.30.